The summed E-state index contributed by atoms with van der Waals surface area (Å²) in [7, 11) is 1.64. The molecule has 1 rings (SSSR count). The number of nitrogens with one attached hydrogen (secondary N) is 3. The highest BCUT2D eigenvalue weighted by Crippen LogP contribution is 2.16. The van der Waals surface area contributed by atoms with E-state index >= 15 is 0 Å². The molecule has 0 saturated heterocycles. The minimum Gasteiger partial charge on any atom is -0.352 e. The second kappa shape index (κ2) is 9.52. The average molecular weight is 354 g/mol. The highest BCUT2D eigenvalue weighted by atomic mass is 32.2. The predicted molar refractivity (Wildman–Crippen MR) is 99.7 cm³/mol. The van der Waals surface area contributed by atoms with Crippen molar-refractivity contribution in [1.82, 2.24) is 16.0 Å². The minimum absolute atomic E-state index is 0.102. The van der Waals surface area contributed by atoms with Gasteiger partial charge in [-0.25, -0.2) is 4.39 Å². The Morgan fingerprint density at radius 1 is 1.25 bits per heavy atom. The van der Waals surface area contributed by atoms with Gasteiger partial charge in [0.05, 0.1) is 6.54 Å². The Bertz CT molecular complexity index is 584. The molecule has 0 bridgehead atoms. The number of amides is 1. The smallest absolute Gasteiger partial charge is 0.239 e. The first-order chi connectivity index (χ1) is 11.2. The molecule has 5 nitrogen and oxygen atoms in total. The van der Waals surface area contributed by atoms with Gasteiger partial charge in [0.1, 0.15) is 5.82 Å². The molecule has 1 aromatic rings. The van der Waals surface area contributed by atoms with Gasteiger partial charge in [-0.15, -0.1) is 0 Å². The Balaban J connectivity index is 2.57. The lowest BCUT2D eigenvalue weighted by molar-refractivity contribution is -0.121. The van der Waals surface area contributed by atoms with Crippen LogP contribution in [0.1, 0.15) is 31.9 Å². The number of aliphatic imine (C=N–C) groups is 1. The molecule has 0 atom stereocenters. The molecule has 1 aromatic carbocycles. The van der Waals surface area contributed by atoms with Crippen LogP contribution in [0.15, 0.2) is 23.2 Å². The van der Waals surface area contributed by atoms with E-state index in [1.165, 1.54) is 6.07 Å². The van der Waals surface area contributed by atoms with E-state index in [-0.39, 0.29) is 23.8 Å². The third-order valence-electron chi connectivity index (χ3n) is 3.07. The number of halogens is 1. The van der Waals surface area contributed by atoms with E-state index in [4.69, 9.17) is 0 Å². The Hall–Kier alpha value is -1.76. The van der Waals surface area contributed by atoms with Crippen LogP contribution in [0.4, 0.5) is 4.39 Å². The normalized spacial score (nSPS) is 12.0. The maximum Gasteiger partial charge on any atom is 0.239 e. The van der Waals surface area contributed by atoms with Gasteiger partial charge < -0.3 is 16.0 Å². The lowest BCUT2D eigenvalue weighted by Gasteiger charge is -2.21. The third-order valence-corrected chi connectivity index (χ3v) is 3.67. The van der Waals surface area contributed by atoms with Gasteiger partial charge in [-0.05, 0) is 50.3 Å². The summed E-state index contributed by atoms with van der Waals surface area (Å²) in [5.41, 5.74) is 1.69. The summed E-state index contributed by atoms with van der Waals surface area (Å²) in [5.74, 6) is 0.937. The molecule has 0 aliphatic carbocycles. The van der Waals surface area contributed by atoms with Crippen LogP contribution in [0, 0.1) is 5.82 Å². The topological polar surface area (TPSA) is 65.5 Å². The zero-order valence-electron chi connectivity index (χ0n) is 15.0. The van der Waals surface area contributed by atoms with Crippen molar-refractivity contribution in [3.63, 3.8) is 0 Å². The molecule has 24 heavy (non-hydrogen) atoms. The van der Waals surface area contributed by atoms with E-state index < -0.39 is 0 Å². The highest BCUT2D eigenvalue weighted by molar-refractivity contribution is 7.97. The van der Waals surface area contributed by atoms with Crippen LogP contribution in [0.5, 0.6) is 0 Å². The SMILES string of the molecule is CN=C(NCC(=O)NC(C)(C)C)NCc1ccc(F)cc1CSC. The van der Waals surface area contributed by atoms with Crippen molar-refractivity contribution >= 4 is 23.6 Å². The summed E-state index contributed by atoms with van der Waals surface area (Å²) in [5, 5.41) is 9.00. The number of benzene rings is 1. The van der Waals surface area contributed by atoms with Crippen molar-refractivity contribution in [2.24, 2.45) is 4.99 Å². The second-order valence-electron chi connectivity index (χ2n) is 6.42. The molecule has 7 heteroatoms. The third kappa shape index (κ3) is 7.68. The summed E-state index contributed by atoms with van der Waals surface area (Å²) < 4.78 is 13.4. The van der Waals surface area contributed by atoms with Crippen LogP contribution >= 0.6 is 11.8 Å². The number of guanidine groups is 1. The first-order valence-corrected chi connectivity index (χ1v) is 9.16. The lowest BCUT2D eigenvalue weighted by Crippen LogP contribution is -2.48. The molecule has 3 N–H and O–H groups in total. The van der Waals surface area contributed by atoms with E-state index in [0.717, 1.165) is 16.9 Å². The Labute approximate surface area is 147 Å². The first kappa shape index (κ1) is 20.3. The Kier molecular flexibility index (Phi) is 8.04. The monoisotopic (exact) mass is 354 g/mol. The van der Waals surface area contributed by atoms with Crippen molar-refractivity contribution in [1.29, 1.82) is 0 Å². The van der Waals surface area contributed by atoms with E-state index in [1.807, 2.05) is 27.0 Å². The molecule has 0 unspecified atom stereocenters. The van der Waals surface area contributed by atoms with E-state index in [1.54, 1.807) is 30.9 Å². The quantitative estimate of drug-likeness (QED) is 0.542. The van der Waals surface area contributed by atoms with Crippen molar-refractivity contribution in [2.45, 2.75) is 38.6 Å². The average Bonchev–Trinajstić information content (AvgIpc) is 2.47. The van der Waals surface area contributed by atoms with Crippen LogP contribution in [0.2, 0.25) is 0 Å². The van der Waals surface area contributed by atoms with Gasteiger partial charge in [0.25, 0.3) is 0 Å². The maximum absolute atomic E-state index is 13.4. The summed E-state index contributed by atoms with van der Waals surface area (Å²) in [6.45, 7) is 6.44. The summed E-state index contributed by atoms with van der Waals surface area (Å²) >= 11 is 1.64. The summed E-state index contributed by atoms with van der Waals surface area (Å²) in [4.78, 5) is 15.9. The van der Waals surface area contributed by atoms with Gasteiger partial charge >= 0.3 is 0 Å². The Morgan fingerprint density at radius 3 is 2.54 bits per heavy atom. The number of carbonyl (C=O) groups is 1. The molecule has 0 aromatic heterocycles. The van der Waals surface area contributed by atoms with E-state index in [9.17, 15) is 9.18 Å². The maximum atomic E-state index is 13.4. The van der Waals surface area contributed by atoms with E-state index in [2.05, 4.69) is 20.9 Å². The number of thioether (sulfide) groups is 1. The van der Waals surface area contributed by atoms with Gasteiger partial charge in [-0.3, -0.25) is 9.79 Å². The minimum atomic E-state index is -0.267. The van der Waals surface area contributed by atoms with Gasteiger partial charge in [0.15, 0.2) is 5.96 Å². The van der Waals surface area contributed by atoms with Crippen LogP contribution in [0.3, 0.4) is 0 Å². The first-order valence-electron chi connectivity index (χ1n) is 7.77. The van der Waals surface area contributed by atoms with Gasteiger partial charge in [-0.1, -0.05) is 6.07 Å². The molecule has 0 saturated carbocycles. The zero-order chi connectivity index (χ0) is 18.2. The Morgan fingerprint density at radius 2 is 1.96 bits per heavy atom. The number of hydrogen-bond donors (Lipinski definition) is 3. The fraction of sp³-hybridized carbons (Fsp3) is 0.529. The lowest BCUT2D eigenvalue weighted by atomic mass is 10.1. The zero-order valence-corrected chi connectivity index (χ0v) is 15.8. The number of rotatable bonds is 6. The van der Waals surface area contributed by atoms with Gasteiger partial charge in [0, 0.05) is 24.9 Å². The van der Waals surface area contributed by atoms with Crippen LogP contribution in [0.25, 0.3) is 0 Å². The van der Waals surface area contributed by atoms with Crippen LogP contribution < -0.4 is 16.0 Å². The molecular weight excluding hydrogens is 327 g/mol. The van der Waals surface area contributed by atoms with Gasteiger partial charge in [0.2, 0.25) is 5.91 Å². The summed E-state index contributed by atoms with van der Waals surface area (Å²) in [6.07, 6.45) is 1.98. The van der Waals surface area contributed by atoms with Crippen molar-refractivity contribution in [3.05, 3.63) is 35.1 Å². The fourth-order valence-corrected chi connectivity index (χ4v) is 2.66. The fourth-order valence-electron chi connectivity index (χ4n) is 2.08. The molecule has 0 radical (unpaired) electrons. The largest absolute Gasteiger partial charge is 0.352 e. The van der Waals surface area contributed by atoms with Crippen molar-refractivity contribution in [3.8, 4) is 0 Å². The van der Waals surface area contributed by atoms with Gasteiger partial charge in [-0.2, -0.15) is 11.8 Å². The van der Waals surface area contributed by atoms with Crippen molar-refractivity contribution in [2.75, 3.05) is 19.8 Å². The standard InChI is InChI=1S/C17H27FN4OS/c1-17(2,3)22-15(23)10-21-16(19-4)20-9-12-6-7-14(18)8-13(12)11-24-5/h6-8H,9-11H2,1-5H3,(H,22,23)(H2,19,20,21). The molecule has 0 aliphatic heterocycles. The summed E-state index contributed by atoms with van der Waals surface area (Å²) in [6, 6.07) is 4.78. The molecule has 134 valence electrons. The molecule has 0 fully saturated rings. The molecule has 0 heterocycles. The molecule has 1 amide bonds. The van der Waals surface area contributed by atoms with Crippen LogP contribution in [-0.2, 0) is 17.1 Å². The van der Waals surface area contributed by atoms with Crippen molar-refractivity contribution < 1.29 is 9.18 Å². The number of hydrogen-bond acceptors (Lipinski definition) is 3. The predicted octanol–water partition coefficient (Wildman–Crippen LogP) is 2.27. The molecule has 0 aliphatic rings. The van der Waals surface area contributed by atoms with E-state index in [0.29, 0.717) is 12.5 Å². The number of nitrogens with zero attached hydrogens (tertiary/aromatic N) is 1. The molecule has 0 spiro atoms. The second-order valence-corrected chi connectivity index (χ2v) is 7.29. The van der Waals surface area contributed by atoms with Crippen LogP contribution in [-0.4, -0.2) is 37.3 Å². The number of carbonyl (C=O) groups excluding carboxylic acids is 1. The molecular formula is C17H27FN4OS. The highest BCUT2D eigenvalue weighted by Gasteiger charge is 2.13.